The minimum atomic E-state index is -0.978. The number of likely N-dealkylation sites (tertiary alicyclic amines) is 1. The van der Waals surface area contributed by atoms with Crippen LogP contribution in [-0.4, -0.2) is 64.8 Å². The van der Waals surface area contributed by atoms with Gasteiger partial charge in [-0.25, -0.2) is 0 Å². The van der Waals surface area contributed by atoms with E-state index in [1.54, 1.807) is 18.2 Å². The van der Waals surface area contributed by atoms with Crippen LogP contribution in [0.1, 0.15) is 71.4 Å². The Kier molecular flexibility index (Phi) is 7.32. The van der Waals surface area contributed by atoms with Gasteiger partial charge in [-0.3, -0.25) is 34.3 Å². The molecule has 9 nitrogen and oxygen atoms in total. The van der Waals surface area contributed by atoms with Gasteiger partial charge in [-0.05, 0) is 56.4 Å². The maximum atomic E-state index is 13.3. The fourth-order valence-corrected chi connectivity index (χ4v) is 5.56. The van der Waals surface area contributed by atoms with Crippen LogP contribution in [0.3, 0.4) is 0 Å². The van der Waals surface area contributed by atoms with Crippen molar-refractivity contribution in [2.75, 3.05) is 25.0 Å². The van der Waals surface area contributed by atoms with Crippen LogP contribution in [0.2, 0.25) is 0 Å². The zero-order valence-electron chi connectivity index (χ0n) is 21.9. The quantitative estimate of drug-likeness (QED) is 0.517. The Morgan fingerprint density at radius 2 is 1.71 bits per heavy atom. The van der Waals surface area contributed by atoms with Crippen LogP contribution < -0.4 is 10.6 Å². The molecule has 0 radical (unpaired) electrons. The number of piperidine rings is 2. The van der Waals surface area contributed by atoms with E-state index in [1.165, 1.54) is 5.56 Å². The second-order valence-corrected chi connectivity index (χ2v) is 10.5. The van der Waals surface area contributed by atoms with Gasteiger partial charge in [0.25, 0.3) is 11.8 Å². The summed E-state index contributed by atoms with van der Waals surface area (Å²) in [5.74, 6) is -2.03. The molecule has 1 unspecified atom stereocenters. The second-order valence-electron chi connectivity index (χ2n) is 10.5. The lowest BCUT2D eigenvalue weighted by molar-refractivity contribution is -0.136. The van der Waals surface area contributed by atoms with Gasteiger partial charge in [-0.15, -0.1) is 0 Å². The van der Waals surface area contributed by atoms with Crippen LogP contribution in [-0.2, 0) is 27.4 Å². The molecule has 0 saturated carbocycles. The van der Waals surface area contributed by atoms with Crippen LogP contribution in [0.15, 0.2) is 42.5 Å². The van der Waals surface area contributed by atoms with E-state index in [1.807, 2.05) is 6.92 Å². The van der Waals surface area contributed by atoms with Crippen molar-refractivity contribution in [1.29, 1.82) is 0 Å². The predicted octanol–water partition coefficient (Wildman–Crippen LogP) is 3.09. The minimum absolute atomic E-state index is 0.0106. The minimum Gasteiger partial charge on any atom is -0.380 e. The van der Waals surface area contributed by atoms with Gasteiger partial charge >= 0.3 is 0 Å². The van der Waals surface area contributed by atoms with Crippen LogP contribution in [0, 0.1) is 0 Å². The first-order valence-electron chi connectivity index (χ1n) is 13.3. The molecule has 2 saturated heterocycles. The van der Waals surface area contributed by atoms with E-state index in [9.17, 15) is 19.2 Å². The zero-order chi connectivity index (χ0) is 26.9. The van der Waals surface area contributed by atoms with Gasteiger partial charge in [0.1, 0.15) is 6.04 Å². The van der Waals surface area contributed by atoms with Crippen LogP contribution in [0.25, 0.3) is 0 Å². The Bertz CT molecular complexity index is 1250. The summed E-state index contributed by atoms with van der Waals surface area (Å²) in [5.41, 5.74) is 3.36. The lowest BCUT2D eigenvalue weighted by Gasteiger charge is -2.39. The number of anilines is 1. The van der Waals surface area contributed by atoms with Crippen molar-refractivity contribution in [1.82, 2.24) is 15.1 Å². The lowest BCUT2D eigenvalue weighted by Crippen LogP contribution is -2.54. The summed E-state index contributed by atoms with van der Waals surface area (Å²) in [6, 6.07) is 12.5. The Labute approximate surface area is 222 Å². The van der Waals surface area contributed by atoms with E-state index in [2.05, 4.69) is 46.7 Å². The maximum absolute atomic E-state index is 13.3. The molecular weight excluding hydrogens is 484 g/mol. The molecule has 38 heavy (non-hydrogen) atoms. The molecule has 200 valence electrons. The molecule has 0 bridgehead atoms. The molecule has 5 rings (SSSR count). The van der Waals surface area contributed by atoms with Gasteiger partial charge in [0, 0.05) is 44.9 Å². The number of imide groups is 2. The number of ether oxygens (including phenoxy) is 1. The fraction of sp³-hybridized carbons (Fsp3) is 0.448. The van der Waals surface area contributed by atoms with Crippen molar-refractivity contribution in [2.45, 2.75) is 64.3 Å². The van der Waals surface area contributed by atoms with Crippen molar-refractivity contribution in [3.8, 4) is 0 Å². The molecule has 2 N–H and O–H groups in total. The monoisotopic (exact) mass is 518 g/mol. The number of rotatable bonds is 8. The number of hydrogen-bond donors (Lipinski definition) is 2. The first-order valence-corrected chi connectivity index (χ1v) is 13.3. The van der Waals surface area contributed by atoms with Gasteiger partial charge in [0.2, 0.25) is 11.8 Å². The standard InChI is InChI=1S/C29H34N4O5/c1-3-38-29(2)13-15-32(16-14-29)18-20-9-7-19(8-10-20)17-30-22-6-4-5-21-25(22)28(37)33(27(21)36)23-11-12-24(34)31-26(23)35/h4-10,23,30H,3,11-18H2,1-2H3,(H,31,34,35). The number of hydrogen-bond acceptors (Lipinski definition) is 7. The second kappa shape index (κ2) is 10.7. The molecule has 3 aliphatic heterocycles. The normalized spacial score (nSPS) is 21.4. The Morgan fingerprint density at radius 1 is 1.00 bits per heavy atom. The maximum Gasteiger partial charge on any atom is 0.264 e. The van der Waals surface area contributed by atoms with E-state index in [0.717, 1.165) is 49.5 Å². The highest BCUT2D eigenvalue weighted by Gasteiger charge is 2.45. The molecule has 4 amide bonds. The van der Waals surface area contributed by atoms with Gasteiger partial charge < -0.3 is 10.1 Å². The molecule has 3 aliphatic rings. The SMILES string of the molecule is CCOC1(C)CCN(Cc2ccc(CNc3cccc4c3C(=O)N(C3CCC(=O)NC3=O)C4=O)cc2)CC1. The molecule has 3 heterocycles. The Hall–Kier alpha value is -3.56. The van der Waals surface area contributed by atoms with Crippen molar-refractivity contribution in [3.05, 3.63) is 64.7 Å². The molecule has 2 aromatic rings. The first kappa shape index (κ1) is 26.1. The topological polar surface area (TPSA) is 108 Å². The third-order valence-electron chi connectivity index (χ3n) is 7.79. The molecule has 2 fully saturated rings. The van der Waals surface area contributed by atoms with E-state index < -0.39 is 29.7 Å². The van der Waals surface area contributed by atoms with Crippen molar-refractivity contribution in [2.24, 2.45) is 0 Å². The van der Waals surface area contributed by atoms with E-state index in [-0.39, 0.29) is 29.6 Å². The molecular formula is C29H34N4O5. The summed E-state index contributed by atoms with van der Waals surface area (Å²) < 4.78 is 5.93. The molecule has 0 aliphatic carbocycles. The average Bonchev–Trinajstić information content (AvgIpc) is 3.15. The number of nitrogens with one attached hydrogen (secondary N) is 2. The van der Waals surface area contributed by atoms with Gasteiger partial charge in [0.15, 0.2) is 0 Å². The predicted molar refractivity (Wildman–Crippen MR) is 141 cm³/mol. The number of amides is 4. The third-order valence-corrected chi connectivity index (χ3v) is 7.79. The summed E-state index contributed by atoms with van der Waals surface area (Å²) in [7, 11) is 0. The Balaban J connectivity index is 1.21. The van der Waals surface area contributed by atoms with Gasteiger partial charge in [-0.2, -0.15) is 0 Å². The van der Waals surface area contributed by atoms with Crippen LogP contribution in [0.5, 0.6) is 0 Å². The largest absolute Gasteiger partial charge is 0.380 e. The van der Waals surface area contributed by atoms with Crippen molar-refractivity contribution in [3.63, 3.8) is 0 Å². The van der Waals surface area contributed by atoms with Crippen LogP contribution >= 0.6 is 0 Å². The summed E-state index contributed by atoms with van der Waals surface area (Å²) in [4.78, 5) is 53.6. The highest BCUT2D eigenvalue weighted by Crippen LogP contribution is 2.33. The van der Waals surface area contributed by atoms with E-state index in [0.29, 0.717) is 12.2 Å². The highest BCUT2D eigenvalue weighted by molar-refractivity contribution is 6.25. The summed E-state index contributed by atoms with van der Waals surface area (Å²) in [5, 5.41) is 5.52. The number of nitrogens with zero attached hydrogens (tertiary/aromatic N) is 2. The number of benzene rings is 2. The summed E-state index contributed by atoms with van der Waals surface area (Å²) in [6.07, 6.45) is 2.29. The summed E-state index contributed by atoms with van der Waals surface area (Å²) in [6.45, 7) is 8.41. The molecule has 9 heteroatoms. The third kappa shape index (κ3) is 5.21. The van der Waals surface area contributed by atoms with E-state index >= 15 is 0 Å². The van der Waals surface area contributed by atoms with Gasteiger partial charge in [-0.1, -0.05) is 30.3 Å². The molecule has 0 aromatic heterocycles. The van der Waals surface area contributed by atoms with E-state index in [4.69, 9.17) is 4.74 Å². The molecule has 1 atom stereocenters. The summed E-state index contributed by atoms with van der Waals surface area (Å²) >= 11 is 0. The highest BCUT2D eigenvalue weighted by atomic mass is 16.5. The van der Waals surface area contributed by atoms with Gasteiger partial charge in [0.05, 0.1) is 16.7 Å². The smallest absolute Gasteiger partial charge is 0.264 e. The lowest BCUT2D eigenvalue weighted by atomic mass is 9.93. The fourth-order valence-electron chi connectivity index (χ4n) is 5.56. The number of carbonyl (C=O) groups excluding carboxylic acids is 4. The average molecular weight is 519 g/mol. The molecule has 0 spiro atoms. The van der Waals surface area contributed by atoms with Crippen molar-refractivity contribution < 1.29 is 23.9 Å². The zero-order valence-corrected chi connectivity index (χ0v) is 21.9. The molecule has 2 aromatic carbocycles. The van der Waals surface area contributed by atoms with Crippen LogP contribution in [0.4, 0.5) is 5.69 Å². The number of carbonyl (C=O) groups is 4. The van der Waals surface area contributed by atoms with Crippen molar-refractivity contribution >= 4 is 29.3 Å². The first-order chi connectivity index (χ1) is 18.3. The number of fused-ring (bicyclic) bond motifs is 1. The Morgan fingerprint density at radius 3 is 2.39 bits per heavy atom.